The number of hydrogen-bond donors (Lipinski definition) is 2. The molecule has 1 saturated carbocycles. The van der Waals surface area contributed by atoms with Crippen LogP contribution in [0.1, 0.15) is 30.2 Å². The number of aliphatic hydroxyl groups excluding tert-OH is 1. The van der Waals surface area contributed by atoms with Crippen molar-refractivity contribution in [3.8, 4) is 0 Å². The Morgan fingerprint density at radius 2 is 1.87 bits per heavy atom. The lowest BCUT2D eigenvalue weighted by molar-refractivity contribution is 0.215. The highest BCUT2D eigenvalue weighted by atomic mass is 31.1. The summed E-state index contributed by atoms with van der Waals surface area (Å²) in [5, 5.41) is 31.8. The number of H-pyrrole nitrogens is 1. The van der Waals surface area contributed by atoms with Gasteiger partial charge in [0.05, 0.1) is 18.5 Å². The maximum absolute atomic E-state index is 14.7. The maximum atomic E-state index is 14.7. The molecule has 2 N–H and O–H groups in total. The third-order valence-corrected chi connectivity index (χ3v) is 9.37. The number of rotatable bonds is 4. The molecule has 2 aromatic carbocycles. The van der Waals surface area contributed by atoms with Gasteiger partial charge in [-0.1, -0.05) is 32.2 Å². The standard InChI is InChI=1S/C22H23FN3O3P/c23-18-8-5-14(13-19(18)26(29)9-11-30(12-10-26)15-6-7-15)21(27)20-16-3-1-2-4-17(16)22(28)25-24-20/h1-5,8,13,15,21,27H,6-7,9-12H2,(H,25,28). The Morgan fingerprint density at radius 1 is 1.17 bits per heavy atom. The van der Waals surface area contributed by atoms with E-state index in [1.807, 2.05) is 0 Å². The molecule has 3 aromatic rings. The van der Waals surface area contributed by atoms with E-state index in [0.717, 1.165) is 18.0 Å². The minimum absolute atomic E-state index is 0.0747. The second-order valence-corrected chi connectivity index (χ2v) is 11.0. The molecule has 0 radical (unpaired) electrons. The highest BCUT2D eigenvalue weighted by molar-refractivity contribution is 7.58. The molecule has 2 aliphatic rings. The summed E-state index contributed by atoms with van der Waals surface area (Å²) in [6, 6.07) is 11.1. The van der Waals surface area contributed by atoms with E-state index in [2.05, 4.69) is 10.2 Å². The lowest BCUT2D eigenvalue weighted by Gasteiger charge is -2.47. The quantitative estimate of drug-likeness (QED) is 0.378. The van der Waals surface area contributed by atoms with E-state index in [9.17, 15) is 19.5 Å². The molecule has 156 valence electrons. The van der Waals surface area contributed by atoms with E-state index in [1.54, 1.807) is 24.3 Å². The monoisotopic (exact) mass is 427 g/mol. The Balaban J connectivity index is 1.49. The van der Waals surface area contributed by atoms with Crippen molar-refractivity contribution >= 4 is 24.4 Å². The van der Waals surface area contributed by atoms with Gasteiger partial charge in [0.25, 0.3) is 5.56 Å². The smallest absolute Gasteiger partial charge is 0.272 e. The van der Waals surface area contributed by atoms with Crippen molar-refractivity contribution < 1.29 is 9.50 Å². The molecule has 1 aliphatic heterocycles. The van der Waals surface area contributed by atoms with Crippen molar-refractivity contribution in [3.63, 3.8) is 0 Å². The van der Waals surface area contributed by atoms with Gasteiger partial charge in [-0.05, 0) is 36.2 Å². The average Bonchev–Trinajstić information content (AvgIpc) is 3.60. The first-order valence-electron chi connectivity index (χ1n) is 10.2. The number of hydroxylamine groups is 2. The normalized spacial score (nSPS) is 25.4. The van der Waals surface area contributed by atoms with E-state index in [1.165, 1.54) is 31.0 Å². The molecule has 1 atom stereocenters. The van der Waals surface area contributed by atoms with Crippen LogP contribution < -0.4 is 10.2 Å². The summed E-state index contributed by atoms with van der Waals surface area (Å²) in [4.78, 5) is 12.0. The van der Waals surface area contributed by atoms with Crippen molar-refractivity contribution in [1.29, 1.82) is 0 Å². The number of quaternary nitrogens is 1. The van der Waals surface area contributed by atoms with Crippen molar-refractivity contribution in [2.45, 2.75) is 24.6 Å². The molecule has 0 bridgehead atoms. The number of hydrogen-bond acceptors (Lipinski definition) is 4. The molecule has 1 aliphatic carbocycles. The Morgan fingerprint density at radius 3 is 2.57 bits per heavy atom. The fourth-order valence-corrected chi connectivity index (χ4v) is 7.36. The molecule has 2 fully saturated rings. The average molecular weight is 427 g/mol. The van der Waals surface area contributed by atoms with Crippen LogP contribution in [0.15, 0.2) is 47.3 Å². The topological polar surface area (TPSA) is 89.0 Å². The molecule has 6 nitrogen and oxygen atoms in total. The number of aromatic nitrogens is 2. The Hall–Kier alpha value is -2.18. The number of nitrogens with one attached hydrogen (secondary N) is 1. The molecule has 0 amide bonds. The van der Waals surface area contributed by atoms with Crippen LogP contribution in [-0.4, -0.2) is 46.4 Å². The van der Waals surface area contributed by atoms with Gasteiger partial charge in [0.1, 0.15) is 11.8 Å². The van der Waals surface area contributed by atoms with Crippen LogP contribution in [0.4, 0.5) is 10.1 Å². The maximum Gasteiger partial charge on any atom is 0.272 e. The lowest BCUT2D eigenvalue weighted by Crippen LogP contribution is -2.50. The summed E-state index contributed by atoms with van der Waals surface area (Å²) >= 11 is 0. The fraction of sp³-hybridized carbons (Fsp3) is 0.364. The van der Waals surface area contributed by atoms with Crippen LogP contribution in [0.2, 0.25) is 0 Å². The zero-order valence-electron chi connectivity index (χ0n) is 16.4. The van der Waals surface area contributed by atoms with Gasteiger partial charge >= 0.3 is 0 Å². The van der Waals surface area contributed by atoms with Gasteiger partial charge in [0.2, 0.25) is 0 Å². The summed E-state index contributed by atoms with van der Waals surface area (Å²) in [5.74, 6) is -0.544. The zero-order chi connectivity index (χ0) is 20.9. The molecule has 1 saturated heterocycles. The fourth-order valence-electron chi connectivity index (χ4n) is 4.36. The first-order chi connectivity index (χ1) is 14.5. The molecule has 1 aromatic heterocycles. The van der Waals surface area contributed by atoms with Gasteiger partial charge in [-0.15, -0.1) is 0 Å². The van der Waals surface area contributed by atoms with Gasteiger partial charge < -0.3 is 15.0 Å². The van der Waals surface area contributed by atoms with Crippen LogP contribution in [0.25, 0.3) is 10.8 Å². The molecule has 30 heavy (non-hydrogen) atoms. The number of nitrogens with zero attached hydrogens (tertiary/aromatic N) is 2. The molecule has 8 heteroatoms. The van der Waals surface area contributed by atoms with E-state index in [4.69, 9.17) is 0 Å². The number of aliphatic hydroxyl groups is 1. The van der Waals surface area contributed by atoms with Crippen molar-refractivity contribution in [3.05, 3.63) is 75.1 Å². The van der Waals surface area contributed by atoms with E-state index in [-0.39, 0.29) is 24.9 Å². The second-order valence-electron chi connectivity index (χ2n) is 8.20. The van der Waals surface area contributed by atoms with Crippen molar-refractivity contribution in [1.82, 2.24) is 14.8 Å². The van der Waals surface area contributed by atoms with Crippen LogP contribution in [0.3, 0.4) is 0 Å². The molecule has 0 spiro atoms. The van der Waals surface area contributed by atoms with Crippen LogP contribution in [-0.2, 0) is 0 Å². The highest BCUT2D eigenvalue weighted by Crippen LogP contribution is 2.55. The third-order valence-electron chi connectivity index (χ3n) is 6.27. The first-order valence-corrected chi connectivity index (χ1v) is 12.0. The van der Waals surface area contributed by atoms with Crippen molar-refractivity contribution in [2.24, 2.45) is 0 Å². The molecular formula is C22H23FN3O3P. The largest absolute Gasteiger partial charge is 0.627 e. The van der Waals surface area contributed by atoms with Crippen LogP contribution in [0, 0.1) is 11.0 Å². The van der Waals surface area contributed by atoms with Gasteiger partial charge in [0, 0.05) is 23.8 Å². The van der Waals surface area contributed by atoms with E-state index >= 15 is 0 Å². The summed E-state index contributed by atoms with van der Waals surface area (Å²) in [6.07, 6.45) is 3.12. The summed E-state index contributed by atoms with van der Waals surface area (Å²) in [5.41, 5.74) is 1.21. The second kappa shape index (κ2) is 7.50. The predicted molar refractivity (Wildman–Crippen MR) is 117 cm³/mol. The summed E-state index contributed by atoms with van der Waals surface area (Å²) in [7, 11) is -0.0886. The SMILES string of the molecule is O=c1[nH]nc(C(O)c2ccc(F)c([N+]3([O-])CCP(C4CC4)CC3)c2)c2ccccc12. The van der Waals surface area contributed by atoms with Gasteiger partial charge in [-0.3, -0.25) is 4.79 Å². The highest BCUT2D eigenvalue weighted by Gasteiger charge is 2.38. The molecule has 5 rings (SSSR count). The Bertz CT molecular complexity index is 1160. The summed E-state index contributed by atoms with van der Waals surface area (Å²) < 4.78 is 14.0. The first kappa shape index (κ1) is 19.8. The molecule has 1 unspecified atom stereocenters. The van der Waals surface area contributed by atoms with Crippen LogP contribution in [0.5, 0.6) is 0 Å². The van der Waals surface area contributed by atoms with Crippen molar-refractivity contribution in [2.75, 3.05) is 25.4 Å². The van der Waals surface area contributed by atoms with E-state index < -0.39 is 16.6 Å². The number of benzene rings is 2. The third kappa shape index (κ3) is 3.46. The lowest BCUT2D eigenvalue weighted by atomic mass is 10.0. The summed E-state index contributed by atoms with van der Waals surface area (Å²) in [6.45, 7) is 0.775. The molecular weight excluding hydrogens is 404 g/mol. The number of halogens is 1. The number of fused-ring (bicyclic) bond motifs is 1. The minimum atomic E-state index is -1.19. The van der Waals surface area contributed by atoms with Crippen LogP contribution >= 0.6 is 7.92 Å². The van der Waals surface area contributed by atoms with Gasteiger partial charge in [-0.2, -0.15) is 5.10 Å². The number of aromatic amines is 1. The zero-order valence-corrected chi connectivity index (χ0v) is 17.3. The molecule has 2 heterocycles. The van der Waals surface area contributed by atoms with E-state index in [0.29, 0.717) is 29.4 Å². The minimum Gasteiger partial charge on any atom is -0.627 e. The van der Waals surface area contributed by atoms with Gasteiger partial charge in [-0.25, -0.2) is 9.49 Å². The van der Waals surface area contributed by atoms with Gasteiger partial charge in [0.15, 0.2) is 11.5 Å². The Labute approximate surface area is 174 Å². The Kier molecular flexibility index (Phi) is 4.94. The predicted octanol–water partition coefficient (Wildman–Crippen LogP) is 3.61.